The van der Waals surface area contributed by atoms with Gasteiger partial charge < -0.3 is 15.0 Å². The van der Waals surface area contributed by atoms with Crippen LogP contribution in [0.4, 0.5) is 10.1 Å². The molecule has 118 valence electrons. The summed E-state index contributed by atoms with van der Waals surface area (Å²) < 4.78 is 20.1. The van der Waals surface area contributed by atoms with Gasteiger partial charge in [0.05, 0.1) is 17.9 Å². The number of benzene rings is 1. The van der Waals surface area contributed by atoms with Crippen molar-refractivity contribution in [3.8, 4) is 0 Å². The topological polar surface area (TPSA) is 24.5 Å². The summed E-state index contributed by atoms with van der Waals surface area (Å²) in [5, 5.41) is 3.38. The van der Waals surface area contributed by atoms with Crippen molar-refractivity contribution in [2.45, 2.75) is 52.3 Å². The van der Waals surface area contributed by atoms with E-state index in [2.05, 4.69) is 31.0 Å². The van der Waals surface area contributed by atoms with E-state index in [0.717, 1.165) is 12.1 Å². The van der Waals surface area contributed by atoms with Gasteiger partial charge in [0.2, 0.25) is 0 Å². The van der Waals surface area contributed by atoms with Crippen LogP contribution in [-0.2, 0) is 11.3 Å². The van der Waals surface area contributed by atoms with Crippen LogP contribution < -0.4 is 10.2 Å². The molecule has 0 unspecified atom stereocenters. The number of rotatable bonds is 3. The van der Waals surface area contributed by atoms with E-state index < -0.39 is 0 Å². The zero-order valence-electron chi connectivity index (χ0n) is 13.8. The van der Waals surface area contributed by atoms with E-state index in [1.807, 2.05) is 26.0 Å². The fourth-order valence-electron chi connectivity index (χ4n) is 2.51. The number of ether oxygens (including phenoxy) is 1. The van der Waals surface area contributed by atoms with Crippen molar-refractivity contribution < 1.29 is 9.13 Å². The van der Waals surface area contributed by atoms with Gasteiger partial charge >= 0.3 is 0 Å². The molecular formula is C17H27FN2O. The standard InChI is InChI=1S/C17H27FN2O/c1-16(2,3)19-11-13-6-7-15(14(18)10-13)20-8-9-21-17(4,5)12-20/h6-7,10,19H,8-9,11-12H2,1-5H3. The first-order chi connectivity index (χ1) is 9.66. The number of nitrogens with one attached hydrogen (secondary N) is 1. The van der Waals surface area contributed by atoms with Crippen LogP contribution in [0.5, 0.6) is 0 Å². The van der Waals surface area contributed by atoms with Gasteiger partial charge in [0, 0.05) is 25.2 Å². The molecule has 0 radical (unpaired) electrons. The van der Waals surface area contributed by atoms with Gasteiger partial charge in [-0.25, -0.2) is 4.39 Å². The van der Waals surface area contributed by atoms with E-state index in [1.165, 1.54) is 0 Å². The Morgan fingerprint density at radius 1 is 1.33 bits per heavy atom. The van der Waals surface area contributed by atoms with Crippen molar-refractivity contribution in [3.63, 3.8) is 0 Å². The molecule has 1 fully saturated rings. The number of morpholine rings is 1. The number of hydrogen-bond acceptors (Lipinski definition) is 3. The Morgan fingerprint density at radius 2 is 2.05 bits per heavy atom. The highest BCUT2D eigenvalue weighted by Gasteiger charge is 2.28. The van der Waals surface area contributed by atoms with E-state index in [9.17, 15) is 4.39 Å². The fourth-order valence-corrected chi connectivity index (χ4v) is 2.51. The largest absolute Gasteiger partial charge is 0.372 e. The summed E-state index contributed by atoms with van der Waals surface area (Å²) >= 11 is 0. The van der Waals surface area contributed by atoms with Crippen LogP contribution in [0.25, 0.3) is 0 Å². The molecule has 0 saturated carbocycles. The van der Waals surface area contributed by atoms with Gasteiger partial charge in [-0.3, -0.25) is 0 Å². The molecule has 1 N–H and O–H groups in total. The van der Waals surface area contributed by atoms with E-state index in [1.54, 1.807) is 6.07 Å². The second-order valence-corrected chi connectivity index (χ2v) is 7.42. The molecule has 0 aromatic heterocycles. The molecule has 0 spiro atoms. The lowest BCUT2D eigenvalue weighted by atomic mass is 10.1. The van der Waals surface area contributed by atoms with Gasteiger partial charge in [-0.05, 0) is 52.3 Å². The molecule has 1 aromatic rings. The molecule has 21 heavy (non-hydrogen) atoms. The van der Waals surface area contributed by atoms with Crippen LogP contribution >= 0.6 is 0 Å². The molecule has 1 aliphatic heterocycles. The van der Waals surface area contributed by atoms with Crippen molar-refractivity contribution in [2.75, 3.05) is 24.6 Å². The first-order valence-corrected chi connectivity index (χ1v) is 7.59. The van der Waals surface area contributed by atoms with E-state index >= 15 is 0 Å². The maximum atomic E-state index is 14.4. The first-order valence-electron chi connectivity index (χ1n) is 7.59. The van der Waals surface area contributed by atoms with Gasteiger partial charge in [-0.2, -0.15) is 0 Å². The van der Waals surface area contributed by atoms with Crippen molar-refractivity contribution in [1.82, 2.24) is 5.32 Å². The van der Waals surface area contributed by atoms with Gasteiger partial charge in [-0.15, -0.1) is 0 Å². The molecule has 0 amide bonds. The Balaban J connectivity index is 2.09. The minimum absolute atomic E-state index is 0.0311. The van der Waals surface area contributed by atoms with Crippen molar-refractivity contribution >= 4 is 5.69 Å². The summed E-state index contributed by atoms with van der Waals surface area (Å²) in [5.74, 6) is -0.152. The summed E-state index contributed by atoms with van der Waals surface area (Å²) in [6.45, 7) is 13.2. The lowest BCUT2D eigenvalue weighted by Crippen LogP contribution is -2.48. The van der Waals surface area contributed by atoms with E-state index in [4.69, 9.17) is 4.74 Å². The highest BCUT2D eigenvalue weighted by Crippen LogP contribution is 2.26. The lowest BCUT2D eigenvalue weighted by molar-refractivity contribution is -0.0278. The molecule has 4 heteroatoms. The highest BCUT2D eigenvalue weighted by molar-refractivity contribution is 5.50. The molecule has 2 rings (SSSR count). The molecule has 1 aliphatic rings. The van der Waals surface area contributed by atoms with Crippen molar-refractivity contribution in [3.05, 3.63) is 29.6 Å². The van der Waals surface area contributed by atoms with Gasteiger partial charge in [0.1, 0.15) is 5.82 Å². The second-order valence-electron chi connectivity index (χ2n) is 7.42. The third-order valence-corrected chi connectivity index (χ3v) is 3.60. The maximum absolute atomic E-state index is 14.4. The smallest absolute Gasteiger partial charge is 0.146 e. The fraction of sp³-hybridized carbons (Fsp3) is 0.647. The maximum Gasteiger partial charge on any atom is 0.146 e. The quantitative estimate of drug-likeness (QED) is 0.925. The van der Waals surface area contributed by atoms with Crippen LogP contribution in [-0.4, -0.2) is 30.8 Å². The molecule has 1 saturated heterocycles. The SMILES string of the molecule is CC(C)(C)NCc1ccc(N2CCOC(C)(C)C2)c(F)c1. The molecular weight excluding hydrogens is 267 g/mol. The normalized spacial score (nSPS) is 18.9. The monoisotopic (exact) mass is 294 g/mol. The Kier molecular flexibility index (Phi) is 4.59. The summed E-state index contributed by atoms with van der Waals surface area (Å²) in [6, 6.07) is 5.52. The Hall–Kier alpha value is -1.13. The summed E-state index contributed by atoms with van der Waals surface area (Å²) in [6.07, 6.45) is 0. The van der Waals surface area contributed by atoms with Gasteiger partial charge in [-0.1, -0.05) is 6.07 Å². The average molecular weight is 294 g/mol. The van der Waals surface area contributed by atoms with Gasteiger partial charge in [0.15, 0.2) is 0 Å². The van der Waals surface area contributed by atoms with Crippen LogP contribution in [0.3, 0.4) is 0 Å². The van der Waals surface area contributed by atoms with Crippen LogP contribution in [0.15, 0.2) is 18.2 Å². The average Bonchev–Trinajstić information content (AvgIpc) is 2.34. The molecule has 0 atom stereocenters. The van der Waals surface area contributed by atoms with Crippen LogP contribution in [0.2, 0.25) is 0 Å². The zero-order chi connectivity index (χ0) is 15.7. The third-order valence-electron chi connectivity index (χ3n) is 3.60. The molecule has 0 bridgehead atoms. The van der Waals surface area contributed by atoms with Crippen LogP contribution in [0, 0.1) is 5.82 Å². The number of hydrogen-bond donors (Lipinski definition) is 1. The predicted octanol–water partition coefficient (Wildman–Crippen LogP) is 3.33. The summed E-state index contributed by atoms with van der Waals surface area (Å²) in [4.78, 5) is 2.07. The molecule has 1 heterocycles. The van der Waals surface area contributed by atoms with Crippen molar-refractivity contribution in [2.24, 2.45) is 0 Å². The molecule has 1 aromatic carbocycles. The number of halogens is 1. The molecule has 0 aliphatic carbocycles. The Morgan fingerprint density at radius 3 is 2.62 bits per heavy atom. The lowest BCUT2D eigenvalue weighted by Gasteiger charge is -2.39. The highest BCUT2D eigenvalue weighted by atomic mass is 19.1. The Bertz CT molecular complexity index is 494. The first kappa shape index (κ1) is 16.2. The van der Waals surface area contributed by atoms with E-state index in [-0.39, 0.29) is 17.0 Å². The summed E-state index contributed by atoms with van der Waals surface area (Å²) in [5.41, 5.74) is 1.45. The minimum Gasteiger partial charge on any atom is -0.372 e. The van der Waals surface area contributed by atoms with Gasteiger partial charge in [0.25, 0.3) is 0 Å². The zero-order valence-corrected chi connectivity index (χ0v) is 13.8. The van der Waals surface area contributed by atoms with E-state index in [0.29, 0.717) is 25.4 Å². The summed E-state index contributed by atoms with van der Waals surface area (Å²) in [7, 11) is 0. The second kappa shape index (κ2) is 5.93. The molecule has 3 nitrogen and oxygen atoms in total. The van der Waals surface area contributed by atoms with Crippen molar-refractivity contribution in [1.29, 1.82) is 0 Å². The Labute approximate surface area is 127 Å². The number of anilines is 1. The third kappa shape index (κ3) is 4.68. The minimum atomic E-state index is -0.225. The van der Waals surface area contributed by atoms with Crippen LogP contribution in [0.1, 0.15) is 40.2 Å². The number of nitrogens with zero attached hydrogens (tertiary/aromatic N) is 1. The predicted molar refractivity (Wildman–Crippen MR) is 85.2 cm³/mol.